The maximum atomic E-state index is 13.4. The molecule has 0 aliphatic rings. The molecule has 6 heteroatoms. The molecule has 0 aliphatic carbocycles. The highest BCUT2D eigenvalue weighted by atomic mass is 16.2. The number of rotatable bonds is 5. The predicted octanol–water partition coefficient (Wildman–Crippen LogP) is 4.40. The van der Waals surface area contributed by atoms with Crippen molar-refractivity contribution in [2.24, 2.45) is 0 Å². The zero-order valence-corrected chi connectivity index (χ0v) is 16.0. The first-order valence-electron chi connectivity index (χ1n) is 9.50. The van der Waals surface area contributed by atoms with E-state index in [1.807, 2.05) is 18.3 Å². The highest BCUT2D eigenvalue weighted by molar-refractivity contribution is 6.27. The summed E-state index contributed by atoms with van der Waals surface area (Å²) in [4.78, 5) is 39.7. The van der Waals surface area contributed by atoms with Crippen molar-refractivity contribution in [1.82, 2.24) is 15.0 Å². The van der Waals surface area contributed by atoms with E-state index < -0.39 is 11.8 Å². The maximum Gasteiger partial charge on any atom is 0.266 e. The number of aryl methyl sites for hydroxylation is 1. The van der Waals surface area contributed by atoms with Gasteiger partial charge in [0.25, 0.3) is 11.8 Å². The first-order valence-corrected chi connectivity index (χ1v) is 9.50. The maximum absolute atomic E-state index is 13.4. The molecule has 2 aromatic heterocycles. The van der Waals surface area contributed by atoms with Gasteiger partial charge in [-0.3, -0.25) is 9.59 Å². The van der Waals surface area contributed by atoms with Gasteiger partial charge >= 0.3 is 0 Å². The summed E-state index contributed by atoms with van der Waals surface area (Å²) < 4.78 is 0. The Morgan fingerprint density at radius 2 is 1.48 bits per heavy atom. The monoisotopic (exact) mass is 384 g/mol. The van der Waals surface area contributed by atoms with E-state index in [0.717, 1.165) is 28.8 Å². The number of carbonyl (C=O) groups excluding carboxylic acids is 2. The Morgan fingerprint density at radius 3 is 2.03 bits per heavy atom. The molecule has 2 aromatic carbocycles. The van der Waals surface area contributed by atoms with Gasteiger partial charge < -0.3 is 4.98 Å². The van der Waals surface area contributed by atoms with Crippen LogP contribution in [0.15, 0.2) is 73.2 Å². The van der Waals surface area contributed by atoms with Crippen LogP contribution in [0.4, 0.5) is 5.82 Å². The molecule has 0 saturated carbocycles. The predicted molar refractivity (Wildman–Crippen MR) is 112 cm³/mol. The molecule has 0 spiro atoms. The van der Waals surface area contributed by atoms with Crippen molar-refractivity contribution in [1.29, 1.82) is 0 Å². The summed E-state index contributed by atoms with van der Waals surface area (Å²) in [7, 11) is 0. The molecule has 2 heterocycles. The molecule has 29 heavy (non-hydrogen) atoms. The van der Waals surface area contributed by atoms with Gasteiger partial charge in [-0.25, -0.2) is 14.9 Å². The van der Waals surface area contributed by atoms with Crippen molar-refractivity contribution in [3.8, 4) is 0 Å². The van der Waals surface area contributed by atoms with Crippen molar-refractivity contribution in [3.63, 3.8) is 0 Å². The van der Waals surface area contributed by atoms with Crippen LogP contribution < -0.4 is 4.90 Å². The SMILES string of the molecule is CCCc1c[nH]c2c(N(C(=O)c3ccccc3)C(=O)c3ccccc3)ncnc12. The Balaban J connectivity index is 1.88. The van der Waals surface area contributed by atoms with Crippen LogP contribution in [0.25, 0.3) is 11.0 Å². The van der Waals surface area contributed by atoms with E-state index in [1.54, 1.807) is 48.5 Å². The van der Waals surface area contributed by atoms with Gasteiger partial charge in [0.1, 0.15) is 11.8 Å². The molecule has 0 bridgehead atoms. The average molecular weight is 384 g/mol. The normalized spacial score (nSPS) is 10.8. The summed E-state index contributed by atoms with van der Waals surface area (Å²) in [6.07, 6.45) is 5.07. The van der Waals surface area contributed by atoms with E-state index in [2.05, 4.69) is 21.9 Å². The number of hydrogen-bond acceptors (Lipinski definition) is 4. The first-order chi connectivity index (χ1) is 14.2. The van der Waals surface area contributed by atoms with E-state index in [0.29, 0.717) is 16.6 Å². The van der Waals surface area contributed by atoms with Crippen LogP contribution in [0, 0.1) is 0 Å². The third-order valence-corrected chi connectivity index (χ3v) is 4.70. The Hall–Kier alpha value is -3.80. The van der Waals surface area contributed by atoms with Crippen molar-refractivity contribution in [2.45, 2.75) is 19.8 Å². The lowest BCUT2D eigenvalue weighted by atomic mass is 10.1. The molecule has 0 radical (unpaired) electrons. The van der Waals surface area contributed by atoms with Crippen LogP contribution in [0.1, 0.15) is 39.6 Å². The molecule has 6 nitrogen and oxygen atoms in total. The van der Waals surface area contributed by atoms with E-state index >= 15 is 0 Å². The molecule has 0 fully saturated rings. The van der Waals surface area contributed by atoms with Gasteiger partial charge in [0, 0.05) is 17.3 Å². The number of hydrogen-bond donors (Lipinski definition) is 1. The molecule has 0 atom stereocenters. The van der Waals surface area contributed by atoms with Crippen LogP contribution in [-0.4, -0.2) is 26.8 Å². The number of fused-ring (bicyclic) bond motifs is 1. The quantitative estimate of drug-likeness (QED) is 0.517. The molecule has 144 valence electrons. The van der Waals surface area contributed by atoms with E-state index in [4.69, 9.17) is 0 Å². The number of aromatic nitrogens is 3. The van der Waals surface area contributed by atoms with Crippen LogP contribution >= 0.6 is 0 Å². The smallest absolute Gasteiger partial charge is 0.266 e. The summed E-state index contributed by atoms with van der Waals surface area (Å²) in [5, 5.41) is 0. The van der Waals surface area contributed by atoms with Crippen molar-refractivity contribution < 1.29 is 9.59 Å². The number of benzene rings is 2. The second kappa shape index (κ2) is 8.06. The number of H-pyrrole nitrogens is 1. The summed E-state index contributed by atoms with van der Waals surface area (Å²) in [5.74, 6) is -0.628. The fourth-order valence-electron chi connectivity index (χ4n) is 3.31. The number of nitrogens with zero attached hydrogens (tertiary/aromatic N) is 3. The molecule has 4 aromatic rings. The van der Waals surface area contributed by atoms with Crippen LogP contribution in [-0.2, 0) is 6.42 Å². The summed E-state index contributed by atoms with van der Waals surface area (Å²) in [5.41, 5.74) is 3.14. The minimum atomic E-state index is -0.439. The standard InChI is InChI=1S/C23H20N4O2/c1-2-9-18-14-24-20-19(18)25-15-26-21(20)27(22(28)16-10-5-3-6-11-16)23(29)17-12-7-4-8-13-17/h3-8,10-15,24H,2,9H2,1H3. The number of amides is 2. The highest BCUT2D eigenvalue weighted by Crippen LogP contribution is 2.27. The molecule has 2 amide bonds. The first kappa shape index (κ1) is 18.6. The molecule has 0 aliphatic heterocycles. The van der Waals surface area contributed by atoms with E-state index in [9.17, 15) is 9.59 Å². The van der Waals surface area contributed by atoms with Gasteiger partial charge in [0.15, 0.2) is 5.82 Å². The fourth-order valence-corrected chi connectivity index (χ4v) is 3.31. The second-order valence-electron chi connectivity index (χ2n) is 6.66. The molecular formula is C23H20N4O2. The number of anilines is 1. The summed E-state index contributed by atoms with van der Waals surface area (Å²) >= 11 is 0. The van der Waals surface area contributed by atoms with Gasteiger partial charge in [-0.15, -0.1) is 0 Å². The lowest BCUT2D eigenvalue weighted by Crippen LogP contribution is -2.38. The Kier molecular flexibility index (Phi) is 5.16. The summed E-state index contributed by atoms with van der Waals surface area (Å²) in [6.45, 7) is 2.09. The fraction of sp³-hybridized carbons (Fsp3) is 0.130. The number of aromatic amines is 1. The van der Waals surface area contributed by atoms with Crippen molar-refractivity contribution >= 4 is 28.7 Å². The molecule has 1 N–H and O–H groups in total. The Labute approximate surface area is 168 Å². The van der Waals surface area contributed by atoms with Gasteiger partial charge in [0.05, 0.1) is 5.52 Å². The van der Waals surface area contributed by atoms with Crippen molar-refractivity contribution in [2.75, 3.05) is 4.90 Å². The summed E-state index contributed by atoms with van der Waals surface area (Å²) in [6, 6.07) is 17.4. The molecule has 0 unspecified atom stereocenters. The van der Waals surface area contributed by atoms with Gasteiger partial charge in [-0.1, -0.05) is 49.7 Å². The average Bonchev–Trinajstić information content (AvgIpc) is 3.19. The molecule has 4 rings (SSSR count). The van der Waals surface area contributed by atoms with Gasteiger partial charge in [-0.2, -0.15) is 0 Å². The lowest BCUT2D eigenvalue weighted by molar-refractivity contribution is 0.0897. The van der Waals surface area contributed by atoms with Gasteiger partial charge in [-0.05, 0) is 36.2 Å². The van der Waals surface area contributed by atoms with Gasteiger partial charge in [0.2, 0.25) is 0 Å². The molecule has 0 saturated heterocycles. The highest BCUT2D eigenvalue weighted by Gasteiger charge is 2.29. The number of imide groups is 1. The number of carbonyl (C=O) groups is 2. The third-order valence-electron chi connectivity index (χ3n) is 4.70. The largest absolute Gasteiger partial charge is 0.357 e. The Bertz CT molecular complexity index is 1100. The minimum absolute atomic E-state index is 0.250. The van der Waals surface area contributed by atoms with E-state index in [1.165, 1.54) is 6.33 Å². The lowest BCUT2D eigenvalue weighted by Gasteiger charge is -2.20. The minimum Gasteiger partial charge on any atom is -0.357 e. The topological polar surface area (TPSA) is 79.0 Å². The Morgan fingerprint density at radius 1 is 0.897 bits per heavy atom. The van der Waals surface area contributed by atoms with Crippen LogP contribution in [0.3, 0.4) is 0 Å². The third kappa shape index (κ3) is 3.52. The zero-order valence-electron chi connectivity index (χ0n) is 16.0. The number of nitrogens with one attached hydrogen (secondary N) is 1. The van der Waals surface area contributed by atoms with E-state index in [-0.39, 0.29) is 5.82 Å². The van der Waals surface area contributed by atoms with Crippen molar-refractivity contribution in [3.05, 3.63) is 89.9 Å². The second-order valence-corrected chi connectivity index (χ2v) is 6.66. The van der Waals surface area contributed by atoms with Crippen LogP contribution in [0.2, 0.25) is 0 Å². The molecular weight excluding hydrogens is 364 g/mol. The zero-order chi connectivity index (χ0) is 20.2. The van der Waals surface area contributed by atoms with Crippen LogP contribution in [0.5, 0.6) is 0 Å².